The van der Waals surface area contributed by atoms with Crippen LogP contribution in [0.25, 0.3) is 0 Å². The average molecular weight is 481 g/mol. The fourth-order valence-corrected chi connectivity index (χ4v) is 6.06. The van der Waals surface area contributed by atoms with Crippen molar-refractivity contribution in [2.45, 2.75) is 61.9 Å². The molecule has 2 aromatic rings. The largest absolute Gasteiger partial charge is 0.475 e. The van der Waals surface area contributed by atoms with Crippen molar-refractivity contribution in [2.75, 3.05) is 19.0 Å². The topological polar surface area (TPSA) is 124 Å². The molecule has 3 atom stereocenters. The Kier molecular flexibility index (Phi) is 5.61. The molecule has 9 nitrogen and oxygen atoms in total. The van der Waals surface area contributed by atoms with Crippen LogP contribution >= 0.6 is 0 Å². The van der Waals surface area contributed by atoms with E-state index in [4.69, 9.17) is 9.88 Å². The van der Waals surface area contributed by atoms with Gasteiger partial charge in [-0.2, -0.15) is 5.10 Å². The fourth-order valence-electron chi connectivity index (χ4n) is 5.05. The molecule has 2 amide bonds. The van der Waals surface area contributed by atoms with E-state index in [1.54, 1.807) is 7.05 Å². The monoisotopic (exact) mass is 480 g/mol. The first-order valence-electron chi connectivity index (χ1n) is 11.0. The van der Waals surface area contributed by atoms with Gasteiger partial charge < -0.3 is 15.4 Å². The summed E-state index contributed by atoms with van der Waals surface area (Å²) in [6.07, 6.45) is 2.04. The highest BCUT2D eigenvalue weighted by atomic mass is 32.2. The average Bonchev–Trinajstić information content (AvgIpc) is 3.50. The van der Waals surface area contributed by atoms with Crippen LogP contribution < -0.4 is 20.5 Å². The van der Waals surface area contributed by atoms with Crippen molar-refractivity contribution in [3.8, 4) is 5.88 Å². The maximum Gasteiger partial charge on any atom is 0.354 e. The molecule has 5 rings (SSSR count). The molecule has 33 heavy (non-hydrogen) atoms. The molecule has 2 heterocycles. The molecule has 0 radical (unpaired) electrons. The lowest BCUT2D eigenvalue weighted by Gasteiger charge is -2.24. The minimum absolute atomic E-state index is 0.0289. The third-order valence-corrected chi connectivity index (χ3v) is 8.02. The molecule has 178 valence electrons. The first-order valence-corrected chi connectivity index (χ1v) is 12.5. The Balaban J connectivity index is 1.48. The number of nitrogens with zero attached hydrogens (tertiary/aromatic N) is 3. The number of anilines is 1. The van der Waals surface area contributed by atoms with Crippen molar-refractivity contribution in [3.63, 3.8) is 0 Å². The number of urea groups is 1. The number of benzene rings is 1. The number of nitrogens with one attached hydrogen (secondary N) is 2. The van der Waals surface area contributed by atoms with Crippen molar-refractivity contribution in [1.82, 2.24) is 15.1 Å². The summed E-state index contributed by atoms with van der Waals surface area (Å²) >= 11 is 0. The van der Waals surface area contributed by atoms with E-state index in [0.717, 1.165) is 29.5 Å². The van der Waals surface area contributed by atoms with Crippen LogP contribution in [0.5, 0.6) is 5.88 Å². The maximum atomic E-state index is 13.7. The van der Waals surface area contributed by atoms with Gasteiger partial charge in [0, 0.05) is 11.6 Å². The molecule has 0 saturated carbocycles. The maximum absolute atomic E-state index is 13.7. The molecule has 2 aliphatic carbocycles. The van der Waals surface area contributed by atoms with E-state index in [1.807, 2.05) is 6.07 Å². The van der Waals surface area contributed by atoms with E-state index in [-0.39, 0.29) is 16.8 Å². The Morgan fingerprint density at radius 3 is 2.94 bits per heavy atom. The van der Waals surface area contributed by atoms with Gasteiger partial charge in [-0.05, 0) is 61.4 Å². The van der Waals surface area contributed by atoms with Gasteiger partial charge >= 0.3 is 6.03 Å². The molecule has 4 N–H and O–H groups in total. The van der Waals surface area contributed by atoms with Crippen LogP contribution in [0.15, 0.2) is 21.5 Å². The van der Waals surface area contributed by atoms with Crippen LogP contribution in [-0.2, 0) is 35.7 Å². The van der Waals surface area contributed by atoms with Crippen LogP contribution in [0.2, 0.25) is 0 Å². The van der Waals surface area contributed by atoms with Gasteiger partial charge in [-0.1, -0.05) is 6.07 Å². The number of nitrogens with two attached hydrogens (primary N) is 1. The summed E-state index contributed by atoms with van der Waals surface area (Å²) in [5, 5.41) is 15.9. The summed E-state index contributed by atoms with van der Waals surface area (Å²) in [4.78, 5) is 12.9. The second kappa shape index (κ2) is 8.33. The number of amides is 2. The summed E-state index contributed by atoms with van der Waals surface area (Å²) in [5.41, 5.74) is 3.62. The van der Waals surface area contributed by atoms with Gasteiger partial charge in [-0.3, -0.25) is 0 Å². The van der Waals surface area contributed by atoms with E-state index in [0.29, 0.717) is 43.7 Å². The van der Waals surface area contributed by atoms with Crippen molar-refractivity contribution < 1.29 is 22.5 Å². The highest BCUT2D eigenvalue weighted by Gasteiger charge is 2.36. The number of rotatable bonds is 4. The third-order valence-electron chi connectivity index (χ3n) is 6.67. The molecule has 0 unspecified atom stereocenters. The smallest absolute Gasteiger partial charge is 0.354 e. The molecule has 1 aromatic heterocycles. The number of fused-ring (bicyclic) bond motifs is 3. The number of alkyl halides is 2. The molecule has 3 aliphatic rings. The number of carbonyl (C=O) groups excluding carboxylic acids is 1. The quantitative estimate of drug-likeness (QED) is 0.621. The van der Waals surface area contributed by atoms with Gasteiger partial charge in [0.15, 0.2) is 9.92 Å². The zero-order valence-corrected chi connectivity index (χ0v) is 19.0. The molecule has 1 aromatic carbocycles. The number of ether oxygens (including phenoxy) is 1. The van der Waals surface area contributed by atoms with E-state index in [2.05, 4.69) is 20.1 Å². The lowest BCUT2D eigenvalue weighted by atomic mass is 9.94. The third kappa shape index (κ3) is 3.89. The number of hydrogen-bond acceptors (Lipinski definition) is 5. The highest BCUT2D eigenvalue weighted by Crippen LogP contribution is 2.46. The summed E-state index contributed by atoms with van der Waals surface area (Å²) in [6, 6.07) is 1.09. The highest BCUT2D eigenvalue weighted by molar-refractivity contribution is 7.91. The zero-order valence-electron chi connectivity index (χ0n) is 18.1. The van der Waals surface area contributed by atoms with Crippen molar-refractivity contribution in [1.29, 1.82) is 0 Å². The normalized spacial score (nSPS) is 22.8. The summed E-state index contributed by atoms with van der Waals surface area (Å²) in [5.74, 6) is -0.732. The van der Waals surface area contributed by atoms with Gasteiger partial charge in [0.25, 0.3) is 0 Å². The van der Waals surface area contributed by atoms with E-state index in [9.17, 15) is 17.8 Å². The predicted octanol–water partition coefficient (Wildman–Crippen LogP) is 2.58. The number of likely N-dealkylation sites (N-methyl/N-ethyl adjacent to an activating group) is 1. The predicted molar refractivity (Wildman–Crippen MR) is 118 cm³/mol. The van der Waals surface area contributed by atoms with Gasteiger partial charge in [0.1, 0.15) is 11.5 Å². The number of halogens is 2. The molecule has 12 heteroatoms. The van der Waals surface area contributed by atoms with Crippen LogP contribution in [0.3, 0.4) is 0 Å². The Morgan fingerprint density at radius 1 is 1.36 bits per heavy atom. The van der Waals surface area contributed by atoms with Gasteiger partial charge in [-0.25, -0.2) is 27.6 Å². The summed E-state index contributed by atoms with van der Waals surface area (Å²) in [6.45, 7) is 0.819. The minimum Gasteiger partial charge on any atom is -0.475 e. The Hall–Kier alpha value is -2.57. The fraction of sp³-hybridized carbons (Fsp3) is 0.524. The van der Waals surface area contributed by atoms with Crippen LogP contribution in [0, 0.1) is 0 Å². The van der Waals surface area contributed by atoms with Crippen LogP contribution in [0.1, 0.15) is 41.0 Å². The van der Waals surface area contributed by atoms with Gasteiger partial charge in [0.2, 0.25) is 12.3 Å². The SMILES string of the molecule is CN[C@@H]1COc2c([S@@](N)(=O)=NC(=O)Nc3c4c(cc5c3[C@H](C(F)F)CC5)CCC4)cnn2C1. The van der Waals surface area contributed by atoms with Gasteiger partial charge in [0.05, 0.1) is 18.8 Å². The molecular weight excluding hydrogens is 454 g/mol. The summed E-state index contributed by atoms with van der Waals surface area (Å²) in [7, 11) is -1.88. The molecule has 0 bridgehead atoms. The molecular formula is C21H26F2N6O3S. The number of carbonyl (C=O) groups is 1. The minimum atomic E-state index is -3.67. The standard InChI is InChI=1S/C21H26F2N6O3S/c1-25-13-9-29-20(32-10-13)16(8-26-29)33(24,31)28-21(30)27-18-14-4-2-3-11(14)7-12-5-6-15(17(12)18)19(22)23/h7-8,13,15,19,25H,2-6,9-10H2,1H3,(H3,24,27,28,30,31)/t13-,15+,33-/m0/s1. The van der Waals surface area contributed by atoms with Crippen molar-refractivity contribution in [3.05, 3.63) is 34.5 Å². The second-order valence-corrected chi connectivity index (χ2v) is 10.4. The Labute approximate surface area is 190 Å². The number of aromatic nitrogens is 2. The Bertz CT molecular complexity index is 1240. The molecule has 0 spiro atoms. The molecule has 1 aliphatic heterocycles. The van der Waals surface area contributed by atoms with E-state index in [1.165, 1.54) is 10.9 Å². The number of hydrogen-bond donors (Lipinski definition) is 3. The van der Waals surface area contributed by atoms with Crippen molar-refractivity contribution in [2.24, 2.45) is 9.50 Å². The molecule has 0 saturated heterocycles. The number of aryl methyl sites for hydroxylation is 2. The van der Waals surface area contributed by atoms with Gasteiger partial charge in [-0.15, -0.1) is 4.36 Å². The second-order valence-electron chi connectivity index (χ2n) is 8.68. The van der Waals surface area contributed by atoms with Crippen LogP contribution in [0.4, 0.5) is 19.3 Å². The van der Waals surface area contributed by atoms with E-state index < -0.39 is 28.3 Å². The first kappa shape index (κ1) is 22.2. The first-order chi connectivity index (χ1) is 15.8. The van der Waals surface area contributed by atoms with Crippen LogP contribution in [-0.4, -0.2) is 46.1 Å². The van der Waals surface area contributed by atoms with Crippen molar-refractivity contribution >= 4 is 21.6 Å². The Morgan fingerprint density at radius 2 is 2.18 bits per heavy atom. The lowest BCUT2D eigenvalue weighted by molar-refractivity contribution is 0.114. The summed E-state index contributed by atoms with van der Waals surface area (Å²) < 4.78 is 51.6. The van der Waals surface area contributed by atoms with E-state index >= 15 is 0 Å². The zero-order chi connectivity index (χ0) is 23.3. The lowest BCUT2D eigenvalue weighted by Crippen LogP contribution is -2.40. The molecule has 0 fully saturated rings.